The van der Waals surface area contributed by atoms with Crippen LogP contribution in [0.5, 0.6) is 0 Å². The number of rotatable bonds is 7. The molecule has 1 aromatic rings. The number of nitrogens with one attached hydrogen (secondary N) is 2. The summed E-state index contributed by atoms with van der Waals surface area (Å²) >= 11 is 0. The minimum Gasteiger partial charge on any atom is -0.383 e. The monoisotopic (exact) mass is 295 g/mol. The molecule has 21 heavy (non-hydrogen) atoms. The number of methoxy groups -OCH3 is 1. The molecule has 7 nitrogen and oxygen atoms in total. The first kappa shape index (κ1) is 17.3. The normalized spacial score (nSPS) is 12.6. The molecule has 0 aliphatic rings. The Bertz CT molecular complexity index is 476. The van der Waals surface area contributed by atoms with Crippen LogP contribution in [0.4, 0.5) is 5.69 Å². The van der Waals surface area contributed by atoms with E-state index in [0.717, 1.165) is 0 Å². The number of nitrogens with two attached hydrogens (primary N) is 1. The summed E-state index contributed by atoms with van der Waals surface area (Å²) in [5, 5.41) is 2.92. The number of hydrogen-bond donors (Lipinski definition) is 3. The lowest BCUT2D eigenvalue weighted by molar-refractivity contribution is 0.0862. The number of hydrogen-bond acceptors (Lipinski definition) is 6. The number of hydrazine groups is 1. The van der Waals surface area contributed by atoms with Gasteiger partial charge in [-0.25, -0.2) is 9.97 Å². The third-order valence-corrected chi connectivity index (χ3v) is 3.16. The van der Waals surface area contributed by atoms with Crippen LogP contribution in [0, 0.1) is 5.92 Å². The molecule has 1 atom stereocenters. The van der Waals surface area contributed by atoms with E-state index in [2.05, 4.69) is 20.7 Å². The van der Waals surface area contributed by atoms with Gasteiger partial charge in [0.15, 0.2) is 5.69 Å². The summed E-state index contributed by atoms with van der Waals surface area (Å²) in [6.07, 6.45) is 1.53. The third-order valence-electron chi connectivity index (χ3n) is 3.16. The van der Waals surface area contributed by atoms with Crippen LogP contribution in [-0.4, -0.2) is 35.6 Å². The molecular weight excluding hydrogens is 270 g/mol. The Morgan fingerprint density at radius 2 is 2.05 bits per heavy atom. The lowest BCUT2D eigenvalue weighted by Crippen LogP contribution is -2.42. The van der Waals surface area contributed by atoms with Gasteiger partial charge in [-0.05, 0) is 5.92 Å². The SMILES string of the molecule is COCC(NC(=O)c1nc(C(C)C)ncc1NN)C(C)C. The van der Waals surface area contributed by atoms with Crippen LogP contribution >= 0.6 is 0 Å². The quantitative estimate of drug-likeness (QED) is 0.517. The highest BCUT2D eigenvalue weighted by Crippen LogP contribution is 2.16. The minimum atomic E-state index is -0.289. The summed E-state index contributed by atoms with van der Waals surface area (Å²) in [7, 11) is 1.61. The van der Waals surface area contributed by atoms with Crippen LogP contribution in [0.15, 0.2) is 6.20 Å². The minimum absolute atomic E-state index is 0.0920. The van der Waals surface area contributed by atoms with E-state index >= 15 is 0 Å². The van der Waals surface area contributed by atoms with Gasteiger partial charge in [-0.2, -0.15) is 0 Å². The van der Waals surface area contributed by atoms with Gasteiger partial charge in [0.2, 0.25) is 0 Å². The van der Waals surface area contributed by atoms with E-state index < -0.39 is 0 Å². The van der Waals surface area contributed by atoms with Crippen LogP contribution < -0.4 is 16.6 Å². The molecule has 1 heterocycles. The predicted molar refractivity (Wildman–Crippen MR) is 81.9 cm³/mol. The highest BCUT2D eigenvalue weighted by atomic mass is 16.5. The Kier molecular flexibility index (Phi) is 6.51. The third kappa shape index (κ3) is 4.64. The van der Waals surface area contributed by atoms with E-state index in [0.29, 0.717) is 18.1 Å². The second kappa shape index (κ2) is 7.90. The van der Waals surface area contributed by atoms with Gasteiger partial charge in [0.05, 0.1) is 24.5 Å². The Labute approximate surface area is 125 Å². The molecular formula is C14H25N5O2. The molecule has 0 saturated carbocycles. The van der Waals surface area contributed by atoms with Gasteiger partial charge in [0, 0.05) is 13.0 Å². The van der Waals surface area contributed by atoms with E-state index in [4.69, 9.17) is 10.6 Å². The largest absolute Gasteiger partial charge is 0.383 e. The zero-order chi connectivity index (χ0) is 16.0. The van der Waals surface area contributed by atoms with E-state index in [-0.39, 0.29) is 29.5 Å². The first-order chi connectivity index (χ1) is 9.90. The molecule has 7 heteroatoms. The fraction of sp³-hybridized carbons (Fsp3) is 0.643. The Morgan fingerprint density at radius 1 is 1.38 bits per heavy atom. The van der Waals surface area contributed by atoms with E-state index in [1.807, 2.05) is 27.7 Å². The van der Waals surface area contributed by atoms with Gasteiger partial charge >= 0.3 is 0 Å². The molecule has 0 aliphatic heterocycles. The molecule has 4 N–H and O–H groups in total. The standard InChI is InChI=1S/C14H25N5O2/c1-8(2)11(7-21-5)17-14(20)12-10(19-15)6-16-13(18-12)9(3)4/h6,8-9,11,19H,7,15H2,1-5H3,(H,17,20). The molecule has 1 unspecified atom stereocenters. The number of nitrogen functional groups attached to an aromatic ring is 1. The van der Waals surface area contributed by atoms with E-state index in [9.17, 15) is 4.79 Å². The number of amides is 1. The van der Waals surface area contributed by atoms with Gasteiger partial charge in [0.1, 0.15) is 5.82 Å². The summed E-state index contributed by atoms with van der Waals surface area (Å²) in [6, 6.07) is -0.0920. The maximum atomic E-state index is 12.4. The van der Waals surface area contributed by atoms with Crippen molar-refractivity contribution in [1.82, 2.24) is 15.3 Å². The van der Waals surface area contributed by atoms with Gasteiger partial charge in [-0.15, -0.1) is 0 Å². The molecule has 0 fully saturated rings. The van der Waals surface area contributed by atoms with Crippen LogP contribution in [0.3, 0.4) is 0 Å². The molecule has 0 bridgehead atoms. The molecule has 1 rings (SSSR count). The second-order valence-electron chi connectivity index (χ2n) is 5.57. The summed E-state index contributed by atoms with van der Waals surface area (Å²) < 4.78 is 5.13. The lowest BCUT2D eigenvalue weighted by Gasteiger charge is -2.22. The first-order valence-corrected chi connectivity index (χ1v) is 7.04. The van der Waals surface area contributed by atoms with Crippen molar-refractivity contribution >= 4 is 11.6 Å². The topological polar surface area (TPSA) is 102 Å². The zero-order valence-corrected chi connectivity index (χ0v) is 13.3. The number of ether oxygens (including phenoxy) is 1. The van der Waals surface area contributed by atoms with E-state index in [1.54, 1.807) is 7.11 Å². The van der Waals surface area contributed by atoms with Crippen molar-refractivity contribution in [2.75, 3.05) is 19.1 Å². The van der Waals surface area contributed by atoms with Crippen molar-refractivity contribution in [2.45, 2.75) is 39.7 Å². The summed E-state index contributed by atoms with van der Waals surface area (Å²) in [5.41, 5.74) is 3.11. The molecule has 1 aromatic heterocycles. The average Bonchev–Trinajstić information content (AvgIpc) is 2.45. The summed E-state index contributed by atoms with van der Waals surface area (Å²) in [5.74, 6) is 6.12. The maximum absolute atomic E-state index is 12.4. The second-order valence-corrected chi connectivity index (χ2v) is 5.57. The highest BCUT2D eigenvalue weighted by Gasteiger charge is 2.21. The van der Waals surface area contributed by atoms with Crippen LogP contribution in [0.1, 0.15) is 49.9 Å². The van der Waals surface area contributed by atoms with Crippen molar-refractivity contribution in [2.24, 2.45) is 11.8 Å². The number of carbonyl (C=O) groups excluding carboxylic acids is 1. The van der Waals surface area contributed by atoms with Gasteiger partial charge < -0.3 is 15.5 Å². The van der Waals surface area contributed by atoms with Crippen molar-refractivity contribution in [1.29, 1.82) is 0 Å². The van der Waals surface area contributed by atoms with Gasteiger partial charge in [-0.3, -0.25) is 10.6 Å². The molecule has 1 amide bonds. The Morgan fingerprint density at radius 3 is 2.52 bits per heavy atom. The summed E-state index contributed by atoms with van der Waals surface area (Å²) in [4.78, 5) is 20.9. The highest BCUT2D eigenvalue weighted by molar-refractivity contribution is 5.97. The number of aromatic nitrogens is 2. The van der Waals surface area contributed by atoms with Crippen molar-refractivity contribution in [3.63, 3.8) is 0 Å². The van der Waals surface area contributed by atoms with Crippen molar-refractivity contribution < 1.29 is 9.53 Å². The number of anilines is 1. The first-order valence-electron chi connectivity index (χ1n) is 7.04. The number of carbonyl (C=O) groups is 1. The van der Waals surface area contributed by atoms with Crippen molar-refractivity contribution in [3.8, 4) is 0 Å². The van der Waals surface area contributed by atoms with Gasteiger partial charge in [-0.1, -0.05) is 27.7 Å². The number of nitrogens with zero attached hydrogens (tertiary/aromatic N) is 2. The smallest absolute Gasteiger partial charge is 0.272 e. The fourth-order valence-corrected chi connectivity index (χ4v) is 1.77. The molecule has 0 saturated heterocycles. The van der Waals surface area contributed by atoms with E-state index in [1.165, 1.54) is 6.20 Å². The average molecular weight is 295 g/mol. The van der Waals surface area contributed by atoms with Crippen LogP contribution in [-0.2, 0) is 4.74 Å². The Balaban J connectivity index is 3.01. The maximum Gasteiger partial charge on any atom is 0.272 e. The molecule has 0 spiro atoms. The predicted octanol–water partition coefficient (Wildman–Crippen LogP) is 1.29. The lowest BCUT2D eigenvalue weighted by atomic mass is 10.1. The van der Waals surface area contributed by atoms with Crippen LogP contribution in [0.25, 0.3) is 0 Å². The van der Waals surface area contributed by atoms with Crippen LogP contribution in [0.2, 0.25) is 0 Å². The van der Waals surface area contributed by atoms with Gasteiger partial charge in [0.25, 0.3) is 5.91 Å². The van der Waals surface area contributed by atoms with Crippen molar-refractivity contribution in [3.05, 3.63) is 17.7 Å². The zero-order valence-electron chi connectivity index (χ0n) is 13.3. The molecule has 0 aromatic carbocycles. The Hall–Kier alpha value is -1.73. The molecule has 0 aliphatic carbocycles. The molecule has 0 radical (unpaired) electrons. The molecule has 118 valence electrons. The summed E-state index contributed by atoms with van der Waals surface area (Å²) in [6.45, 7) is 8.41. The fourth-order valence-electron chi connectivity index (χ4n) is 1.77.